The largest absolute Gasteiger partial charge is 0.351 e. The van der Waals surface area contributed by atoms with Gasteiger partial charge in [-0.3, -0.25) is 0 Å². The van der Waals surface area contributed by atoms with Crippen LogP contribution in [0, 0.1) is 0 Å². The number of carbonyl (C=O) groups excluding carboxylic acids is 1. The molecule has 0 aromatic carbocycles. The minimum atomic E-state index is -0.337. The fraction of sp³-hybridized carbons (Fsp3) is 0.500. The van der Waals surface area contributed by atoms with Crippen LogP contribution in [-0.2, 0) is 0 Å². The van der Waals surface area contributed by atoms with Crippen LogP contribution in [0.25, 0.3) is 0 Å². The summed E-state index contributed by atoms with van der Waals surface area (Å²) in [6.07, 6.45) is 2.83. The third-order valence-electron chi connectivity index (χ3n) is 1.47. The van der Waals surface area contributed by atoms with Gasteiger partial charge in [-0.2, -0.15) is 0 Å². The van der Waals surface area contributed by atoms with Gasteiger partial charge in [0.15, 0.2) is 0 Å². The molecule has 0 fully saturated rings. The maximum Gasteiger partial charge on any atom is 0.315 e. The smallest absolute Gasteiger partial charge is 0.315 e. The van der Waals surface area contributed by atoms with Crippen LogP contribution in [-0.4, -0.2) is 24.0 Å². The molecule has 0 spiro atoms. The van der Waals surface area contributed by atoms with E-state index >= 15 is 0 Å². The Bertz CT molecular complexity index is 179. The summed E-state index contributed by atoms with van der Waals surface area (Å²) in [7, 11) is 0. The summed E-state index contributed by atoms with van der Waals surface area (Å²) < 4.78 is 1.16. The molecule has 0 radical (unpaired) electrons. The molecule has 0 saturated carbocycles. The summed E-state index contributed by atoms with van der Waals surface area (Å²) >= 11 is 3.35. The Hall–Kier alpha value is -0.510. The minimum Gasteiger partial charge on any atom is -0.351 e. The highest BCUT2D eigenvalue weighted by Crippen LogP contribution is 2.15. The van der Waals surface area contributed by atoms with Crippen molar-refractivity contribution in [3.63, 3.8) is 0 Å². The summed E-state index contributed by atoms with van der Waals surface area (Å²) in [5.41, 5.74) is 5.06. The van der Waals surface area contributed by atoms with Gasteiger partial charge in [-0.15, -0.1) is 0 Å². The number of primary amides is 1. The summed E-state index contributed by atoms with van der Waals surface area (Å²) in [6, 6.07) is -0.337. The van der Waals surface area contributed by atoms with Gasteiger partial charge >= 0.3 is 6.03 Å². The molecule has 2 amide bonds. The van der Waals surface area contributed by atoms with Crippen molar-refractivity contribution in [2.75, 3.05) is 13.1 Å². The second kappa shape index (κ2) is 3.05. The van der Waals surface area contributed by atoms with Crippen LogP contribution in [0.1, 0.15) is 6.42 Å². The van der Waals surface area contributed by atoms with Gasteiger partial charge in [0.1, 0.15) is 0 Å². The average molecular weight is 205 g/mol. The van der Waals surface area contributed by atoms with Crippen LogP contribution in [0.2, 0.25) is 0 Å². The van der Waals surface area contributed by atoms with Crippen LogP contribution in [0.4, 0.5) is 4.79 Å². The van der Waals surface area contributed by atoms with Crippen molar-refractivity contribution >= 4 is 22.0 Å². The number of nitrogens with zero attached hydrogens (tertiary/aromatic N) is 1. The molecule has 0 aromatic rings. The summed E-state index contributed by atoms with van der Waals surface area (Å²) in [6.45, 7) is 1.36. The molecule has 0 bridgehead atoms. The molecule has 1 aliphatic heterocycles. The Morgan fingerprint density at radius 3 is 2.90 bits per heavy atom. The van der Waals surface area contributed by atoms with Crippen LogP contribution in [0.15, 0.2) is 10.6 Å². The van der Waals surface area contributed by atoms with E-state index in [0.717, 1.165) is 17.4 Å². The lowest BCUT2D eigenvalue weighted by atomic mass is 10.3. The highest BCUT2D eigenvalue weighted by Gasteiger charge is 2.11. The van der Waals surface area contributed by atoms with E-state index in [4.69, 9.17) is 5.73 Å². The Balaban J connectivity index is 2.50. The summed E-state index contributed by atoms with van der Waals surface area (Å²) in [5, 5.41) is 0. The van der Waals surface area contributed by atoms with Gasteiger partial charge in [0.05, 0.1) is 0 Å². The Morgan fingerprint density at radius 2 is 2.50 bits per heavy atom. The van der Waals surface area contributed by atoms with E-state index in [1.54, 1.807) is 4.90 Å². The monoisotopic (exact) mass is 204 g/mol. The molecule has 10 heavy (non-hydrogen) atoms. The highest BCUT2D eigenvalue weighted by molar-refractivity contribution is 9.11. The lowest BCUT2D eigenvalue weighted by Gasteiger charge is -2.22. The van der Waals surface area contributed by atoms with Gasteiger partial charge < -0.3 is 10.6 Å². The maximum atomic E-state index is 10.6. The number of urea groups is 1. The van der Waals surface area contributed by atoms with Crippen LogP contribution >= 0.6 is 15.9 Å². The standard InChI is InChI=1S/C6H9BrN2O/c7-5-1-3-9(4-2-5)6(8)10/h1H,2-4H2,(H2,8,10). The number of halogens is 1. The van der Waals surface area contributed by atoms with E-state index in [2.05, 4.69) is 15.9 Å². The fourth-order valence-electron chi connectivity index (χ4n) is 0.845. The molecule has 0 aliphatic carbocycles. The van der Waals surface area contributed by atoms with E-state index in [1.165, 1.54) is 0 Å². The SMILES string of the molecule is NC(=O)N1CC=C(Br)CC1. The van der Waals surface area contributed by atoms with Crippen molar-refractivity contribution in [1.29, 1.82) is 0 Å². The quantitative estimate of drug-likeness (QED) is 0.631. The van der Waals surface area contributed by atoms with Crippen molar-refractivity contribution < 1.29 is 4.79 Å². The molecule has 0 aromatic heterocycles. The number of rotatable bonds is 0. The zero-order valence-electron chi connectivity index (χ0n) is 5.51. The Morgan fingerprint density at radius 1 is 1.80 bits per heavy atom. The van der Waals surface area contributed by atoms with Crippen molar-refractivity contribution in [3.8, 4) is 0 Å². The van der Waals surface area contributed by atoms with Gasteiger partial charge in [-0.1, -0.05) is 22.0 Å². The first-order valence-electron chi connectivity index (χ1n) is 3.09. The van der Waals surface area contributed by atoms with Crippen LogP contribution in [0.3, 0.4) is 0 Å². The number of amides is 2. The Labute approximate surface area is 68.0 Å². The van der Waals surface area contributed by atoms with Crippen LogP contribution in [0.5, 0.6) is 0 Å². The first-order chi connectivity index (χ1) is 4.70. The van der Waals surface area contributed by atoms with Crippen molar-refractivity contribution in [2.24, 2.45) is 5.73 Å². The minimum absolute atomic E-state index is 0.337. The molecule has 4 heteroatoms. The molecule has 0 saturated heterocycles. The van der Waals surface area contributed by atoms with Crippen molar-refractivity contribution in [2.45, 2.75) is 6.42 Å². The molecular formula is C6H9BrN2O. The van der Waals surface area contributed by atoms with Gasteiger partial charge in [0.2, 0.25) is 0 Å². The normalized spacial score (nSPS) is 18.5. The van der Waals surface area contributed by atoms with Crippen molar-refractivity contribution in [1.82, 2.24) is 4.90 Å². The molecule has 56 valence electrons. The zero-order chi connectivity index (χ0) is 7.56. The molecule has 3 nitrogen and oxygen atoms in total. The van der Waals surface area contributed by atoms with E-state index in [-0.39, 0.29) is 6.03 Å². The second-order valence-electron chi connectivity index (χ2n) is 2.19. The second-order valence-corrected chi connectivity index (χ2v) is 3.20. The predicted octanol–water partition coefficient (Wildman–Crippen LogP) is 1.05. The van der Waals surface area contributed by atoms with Crippen molar-refractivity contribution in [3.05, 3.63) is 10.6 Å². The van der Waals surface area contributed by atoms with E-state index < -0.39 is 0 Å². The molecular weight excluding hydrogens is 196 g/mol. The summed E-state index contributed by atoms with van der Waals surface area (Å²) in [4.78, 5) is 12.2. The van der Waals surface area contributed by atoms with E-state index in [1.807, 2.05) is 6.08 Å². The van der Waals surface area contributed by atoms with Gasteiger partial charge in [0, 0.05) is 13.1 Å². The van der Waals surface area contributed by atoms with Crippen LogP contribution < -0.4 is 5.73 Å². The number of hydrogen-bond donors (Lipinski definition) is 1. The first-order valence-corrected chi connectivity index (χ1v) is 3.88. The molecule has 1 heterocycles. The third kappa shape index (κ3) is 1.73. The number of nitrogens with two attached hydrogens (primary N) is 1. The molecule has 0 atom stereocenters. The van der Waals surface area contributed by atoms with Gasteiger partial charge in [-0.25, -0.2) is 4.79 Å². The Kier molecular flexibility index (Phi) is 2.32. The fourth-order valence-corrected chi connectivity index (χ4v) is 1.17. The topological polar surface area (TPSA) is 46.3 Å². The van der Waals surface area contributed by atoms with E-state index in [0.29, 0.717) is 6.54 Å². The first kappa shape index (κ1) is 7.60. The molecule has 2 N–H and O–H groups in total. The third-order valence-corrected chi connectivity index (χ3v) is 2.19. The average Bonchev–Trinajstić information content (AvgIpc) is 1.88. The predicted molar refractivity (Wildman–Crippen MR) is 42.8 cm³/mol. The number of carbonyl (C=O) groups is 1. The highest BCUT2D eigenvalue weighted by atomic mass is 79.9. The molecule has 1 aliphatic rings. The number of hydrogen-bond acceptors (Lipinski definition) is 1. The summed E-state index contributed by atoms with van der Waals surface area (Å²) in [5.74, 6) is 0. The van der Waals surface area contributed by atoms with E-state index in [9.17, 15) is 4.79 Å². The molecule has 1 rings (SSSR count). The zero-order valence-corrected chi connectivity index (χ0v) is 7.10. The maximum absolute atomic E-state index is 10.6. The molecule has 0 unspecified atom stereocenters. The lowest BCUT2D eigenvalue weighted by molar-refractivity contribution is 0.212. The van der Waals surface area contributed by atoms with Gasteiger partial charge in [-0.05, 0) is 10.9 Å². The van der Waals surface area contributed by atoms with Gasteiger partial charge in [0.25, 0.3) is 0 Å². The lowest BCUT2D eigenvalue weighted by Crippen LogP contribution is -2.38.